The van der Waals surface area contributed by atoms with E-state index < -0.39 is 0 Å². The summed E-state index contributed by atoms with van der Waals surface area (Å²) < 4.78 is 0.926. The number of hydrogen-bond acceptors (Lipinski definition) is 5. The fourth-order valence-corrected chi connectivity index (χ4v) is 3.98. The molecule has 1 N–H and O–H groups in total. The number of hydrazone groups is 1. The zero-order chi connectivity index (χ0) is 17.1. The van der Waals surface area contributed by atoms with Crippen LogP contribution in [0.4, 0.5) is 0 Å². The third-order valence-corrected chi connectivity index (χ3v) is 5.44. The number of thioether (sulfide) groups is 1. The Morgan fingerprint density at radius 3 is 2.92 bits per heavy atom. The van der Waals surface area contributed by atoms with Gasteiger partial charge in [-0.3, -0.25) is 15.1 Å². The zero-order valence-corrected chi connectivity index (χ0v) is 16.3. The number of carbonyl (C=O) groups excluding carboxylic acids is 1. The van der Waals surface area contributed by atoms with Gasteiger partial charge in [0.1, 0.15) is 11.9 Å². The van der Waals surface area contributed by atoms with E-state index in [2.05, 4.69) is 40.2 Å². The van der Waals surface area contributed by atoms with E-state index in [0.29, 0.717) is 10.9 Å². The van der Waals surface area contributed by atoms with Crippen molar-refractivity contribution in [1.82, 2.24) is 10.3 Å². The molecule has 1 amide bonds. The van der Waals surface area contributed by atoms with E-state index in [4.69, 9.17) is 4.99 Å². The predicted molar refractivity (Wildman–Crippen MR) is 102 cm³/mol. The Bertz CT molecular complexity index is 792. The lowest BCUT2D eigenvalue weighted by Crippen LogP contribution is -2.52. The number of amides is 1. The summed E-state index contributed by atoms with van der Waals surface area (Å²) in [7, 11) is 0. The summed E-state index contributed by atoms with van der Waals surface area (Å²) in [6.45, 7) is 4.24. The van der Waals surface area contributed by atoms with Crippen molar-refractivity contribution in [2.75, 3.05) is 5.75 Å². The Kier molecular flexibility index (Phi) is 5.61. The molecule has 2 heterocycles. The molecule has 0 saturated heterocycles. The van der Waals surface area contributed by atoms with E-state index in [0.717, 1.165) is 33.6 Å². The first-order valence-corrected chi connectivity index (χ1v) is 10.1. The van der Waals surface area contributed by atoms with Crippen LogP contribution in [0, 0.1) is 0 Å². The van der Waals surface area contributed by atoms with Crippen LogP contribution in [0.15, 0.2) is 32.8 Å². The minimum absolute atomic E-state index is 0.101. The number of hydrogen-bond donors (Lipinski definition) is 1. The van der Waals surface area contributed by atoms with Crippen molar-refractivity contribution in [3.05, 3.63) is 33.2 Å². The normalized spacial score (nSPS) is 19.2. The van der Waals surface area contributed by atoms with Gasteiger partial charge in [0.25, 0.3) is 5.91 Å². The fourth-order valence-electron chi connectivity index (χ4n) is 2.77. The third kappa shape index (κ3) is 3.52. The number of fused-ring (bicyclic) bond motifs is 2. The van der Waals surface area contributed by atoms with Gasteiger partial charge in [-0.2, -0.15) is 0 Å². The molecule has 1 aromatic rings. The minimum atomic E-state index is -0.133. The van der Waals surface area contributed by atoms with Crippen molar-refractivity contribution in [1.29, 1.82) is 0 Å². The highest BCUT2D eigenvalue weighted by Gasteiger charge is 2.32. The van der Waals surface area contributed by atoms with Gasteiger partial charge in [0.2, 0.25) is 0 Å². The van der Waals surface area contributed by atoms with Gasteiger partial charge in [0, 0.05) is 15.4 Å². The van der Waals surface area contributed by atoms with Gasteiger partial charge in [0.15, 0.2) is 5.17 Å². The summed E-state index contributed by atoms with van der Waals surface area (Å²) >= 11 is 5.08. The number of unbranched alkanes of at least 4 members (excludes halogenated alkanes) is 2. The van der Waals surface area contributed by atoms with Gasteiger partial charge in [-0.15, -0.1) is 5.10 Å². The molecule has 0 radical (unpaired) electrons. The maximum Gasteiger partial charge on any atom is 0.276 e. The summed E-state index contributed by atoms with van der Waals surface area (Å²) in [6.07, 6.45) is 4.18. The van der Waals surface area contributed by atoms with Crippen molar-refractivity contribution >= 4 is 44.5 Å². The number of benzene rings is 1. The van der Waals surface area contributed by atoms with Gasteiger partial charge < -0.3 is 0 Å². The second-order valence-corrected chi connectivity index (χ2v) is 7.79. The van der Waals surface area contributed by atoms with Crippen LogP contribution in [0.1, 0.15) is 39.5 Å². The van der Waals surface area contributed by atoms with Crippen LogP contribution in [0.5, 0.6) is 0 Å². The van der Waals surface area contributed by atoms with E-state index in [1.54, 1.807) is 16.8 Å². The van der Waals surface area contributed by atoms with Gasteiger partial charge >= 0.3 is 0 Å². The molecule has 0 saturated carbocycles. The molecule has 2 aliphatic heterocycles. The molecular weight excluding hydrogens is 388 g/mol. The fraction of sp³-hybridized carbons (Fsp3) is 0.471. The van der Waals surface area contributed by atoms with Crippen LogP contribution in [-0.2, 0) is 4.79 Å². The molecule has 0 bridgehead atoms. The summed E-state index contributed by atoms with van der Waals surface area (Å²) in [5.41, 5.74) is 0.589. The lowest BCUT2D eigenvalue weighted by Gasteiger charge is -2.33. The standard InChI is InChI=1S/C17H21BrN4OS/c1-3-5-6-9-24-17-20-16(23)15-12-10-11(18)7-8-13(12)19-14(4-2)22(15)21-17/h7-8,10,14H,3-6,9H2,1-2H3,(H,20,21,23)/t14-/m1/s1. The highest BCUT2D eigenvalue weighted by molar-refractivity contribution is 9.10. The third-order valence-electron chi connectivity index (χ3n) is 4.00. The van der Waals surface area contributed by atoms with Crippen molar-refractivity contribution in [2.24, 2.45) is 10.1 Å². The summed E-state index contributed by atoms with van der Waals surface area (Å²) in [5, 5.41) is 11.7. The van der Waals surface area contributed by atoms with Crippen LogP contribution in [0.2, 0.25) is 0 Å². The molecule has 1 aromatic carbocycles. The largest absolute Gasteiger partial charge is 0.298 e. The van der Waals surface area contributed by atoms with Crippen LogP contribution in [0.3, 0.4) is 0 Å². The number of nitrogens with zero attached hydrogens (tertiary/aromatic N) is 3. The first-order chi connectivity index (χ1) is 11.6. The first kappa shape index (κ1) is 17.5. The van der Waals surface area contributed by atoms with Crippen molar-refractivity contribution < 1.29 is 4.79 Å². The second-order valence-electron chi connectivity index (χ2n) is 5.79. The van der Waals surface area contributed by atoms with Crippen LogP contribution in [-0.4, -0.2) is 28.0 Å². The Balaban J connectivity index is 1.97. The molecular formula is C17H21BrN4OS. The van der Waals surface area contributed by atoms with Crippen molar-refractivity contribution in [2.45, 2.75) is 45.7 Å². The minimum Gasteiger partial charge on any atom is -0.298 e. The van der Waals surface area contributed by atoms with E-state index in [1.165, 1.54) is 12.8 Å². The van der Waals surface area contributed by atoms with Gasteiger partial charge in [-0.1, -0.05) is 54.4 Å². The van der Waals surface area contributed by atoms with Crippen molar-refractivity contribution in [3.63, 3.8) is 0 Å². The Morgan fingerprint density at radius 1 is 1.33 bits per heavy atom. The van der Waals surface area contributed by atoms with Crippen LogP contribution in [0.25, 0.3) is 5.70 Å². The van der Waals surface area contributed by atoms with E-state index >= 15 is 0 Å². The van der Waals surface area contributed by atoms with Gasteiger partial charge in [-0.25, -0.2) is 5.01 Å². The Hall–Kier alpha value is -1.34. The molecule has 1 atom stereocenters. The maximum atomic E-state index is 12.7. The molecule has 0 aliphatic carbocycles. The molecule has 3 rings (SSSR count). The average molecular weight is 409 g/mol. The summed E-state index contributed by atoms with van der Waals surface area (Å²) in [5.74, 6) is 0.863. The average Bonchev–Trinajstić information content (AvgIpc) is 2.57. The SMILES string of the molecule is CCCCCSC1=NN2C(=c3cc(Br)ccc3=N[C@H]2CC)C(=O)N1. The Morgan fingerprint density at radius 2 is 2.17 bits per heavy atom. The van der Waals surface area contributed by atoms with E-state index in [9.17, 15) is 4.79 Å². The number of carbonyl (C=O) groups is 1. The molecule has 0 spiro atoms. The highest BCUT2D eigenvalue weighted by Crippen LogP contribution is 2.22. The predicted octanol–water partition coefficient (Wildman–Crippen LogP) is 2.55. The van der Waals surface area contributed by atoms with Crippen molar-refractivity contribution in [3.8, 4) is 0 Å². The van der Waals surface area contributed by atoms with Gasteiger partial charge in [-0.05, 0) is 31.0 Å². The number of rotatable bonds is 5. The molecule has 24 heavy (non-hydrogen) atoms. The summed E-state index contributed by atoms with van der Waals surface area (Å²) in [6, 6.07) is 5.82. The molecule has 0 unspecified atom stereocenters. The molecule has 0 fully saturated rings. The van der Waals surface area contributed by atoms with Crippen LogP contribution < -0.4 is 15.9 Å². The smallest absolute Gasteiger partial charge is 0.276 e. The highest BCUT2D eigenvalue weighted by atomic mass is 79.9. The number of halogens is 1. The first-order valence-electron chi connectivity index (χ1n) is 8.33. The topological polar surface area (TPSA) is 57.1 Å². The monoisotopic (exact) mass is 408 g/mol. The number of nitrogens with one attached hydrogen (secondary N) is 1. The summed E-state index contributed by atoms with van der Waals surface area (Å²) in [4.78, 5) is 17.5. The molecule has 128 valence electrons. The van der Waals surface area contributed by atoms with Crippen LogP contribution >= 0.6 is 27.7 Å². The quantitative estimate of drug-likeness (QED) is 0.761. The number of amidine groups is 1. The zero-order valence-electron chi connectivity index (χ0n) is 13.9. The van der Waals surface area contributed by atoms with E-state index in [1.807, 2.05) is 18.2 Å². The molecule has 5 nitrogen and oxygen atoms in total. The van der Waals surface area contributed by atoms with Gasteiger partial charge in [0.05, 0.1) is 5.36 Å². The maximum absolute atomic E-state index is 12.7. The lowest BCUT2D eigenvalue weighted by molar-refractivity contribution is -0.116. The Labute approximate surface area is 154 Å². The molecule has 2 aliphatic rings. The van der Waals surface area contributed by atoms with E-state index in [-0.39, 0.29) is 12.1 Å². The molecule has 0 aromatic heterocycles. The second kappa shape index (κ2) is 7.70. The molecule has 7 heteroatoms. The lowest BCUT2D eigenvalue weighted by atomic mass is 10.1.